The summed E-state index contributed by atoms with van der Waals surface area (Å²) in [5, 5.41) is 0. The summed E-state index contributed by atoms with van der Waals surface area (Å²) in [6, 6.07) is 24.2. The number of hydrogen-bond acceptors (Lipinski definition) is 5. The van der Waals surface area contributed by atoms with Crippen LogP contribution in [-0.4, -0.2) is 18.4 Å². The molecule has 32 heavy (non-hydrogen) atoms. The molecule has 3 aromatic carbocycles. The van der Waals surface area contributed by atoms with E-state index in [1.165, 1.54) is 24.4 Å². The van der Waals surface area contributed by atoms with Crippen molar-refractivity contribution in [3.63, 3.8) is 0 Å². The van der Waals surface area contributed by atoms with Crippen LogP contribution < -0.4 is 5.73 Å². The first-order valence-corrected chi connectivity index (χ1v) is 11.4. The first-order chi connectivity index (χ1) is 15.3. The van der Waals surface area contributed by atoms with Crippen molar-refractivity contribution in [3.8, 4) is 11.1 Å². The summed E-state index contributed by atoms with van der Waals surface area (Å²) in [5.41, 5.74) is 9.31. The minimum atomic E-state index is -4.02. The van der Waals surface area contributed by atoms with Gasteiger partial charge in [0.1, 0.15) is 12.3 Å². The van der Waals surface area contributed by atoms with Crippen LogP contribution in [0.3, 0.4) is 0 Å². The van der Waals surface area contributed by atoms with Crippen molar-refractivity contribution in [2.24, 2.45) is 0 Å². The van der Waals surface area contributed by atoms with Crippen LogP contribution in [0.2, 0.25) is 0 Å². The SMILES string of the molecule is Cc1ccc(S(=O)(=O)n2cc(-c3ccc(N)cc3)cc2C(=O)OCc2ccccc2)cc1. The summed E-state index contributed by atoms with van der Waals surface area (Å²) in [6.45, 7) is 1.91. The van der Waals surface area contributed by atoms with Crippen molar-refractivity contribution in [3.05, 3.63) is 108 Å². The summed E-state index contributed by atoms with van der Waals surface area (Å²) < 4.78 is 33.2. The zero-order chi connectivity index (χ0) is 22.7. The summed E-state index contributed by atoms with van der Waals surface area (Å²) in [7, 11) is -4.02. The van der Waals surface area contributed by atoms with Gasteiger partial charge in [-0.1, -0.05) is 60.2 Å². The van der Waals surface area contributed by atoms with Gasteiger partial charge >= 0.3 is 5.97 Å². The molecule has 0 aliphatic heterocycles. The van der Waals surface area contributed by atoms with Crippen LogP contribution in [0.4, 0.5) is 5.69 Å². The van der Waals surface area contributed by atoms with Crippen LogP contribution >= 0.6 is 0 Å². The van der Waals surface area contributed by atoms with Gasteiger partial charge in [-0.3, -0.25) is 0 Å². The molecule has 0 amide bonds. The average molecular weight is 447 g/mol. The van der Waals surface area contributed by atoms with Gasteiger partial charge in [-0.05, 0) is 48.4 Å². The van der Waals surface area contributed by atoms with E-state index in [4.69, 9.17) is 10.5 Å². The molecule has 0 radical (unpaired) electrons. The van der Waals surface area contributed by atoms with E-state index in [0.717, 1.165) is 20.7 Å². The number of aromatic nitrogens is 1. The quantitative estimate of drug-likeness (QED) is 0.344. The Morgan fingerprint density at radius 2 is 1.56 bits per heavy atom. The van der Waals surface area contributed by atoms with E-state index < -0.39 is 16.0 Å². The van der Waals surface area contributed by atoms with E-state index in [-0.39, 0.29) is 17.2 Å². The molecule has 0 aliphatic rings. The van der Waals surface area contributed by atoms with E-state index in [2.05, 4.69) is 0 Å². The Balaban J connectivity index is 1.75. The molecule has 0 spiro atoms. The number of benzene rings is 3. The molecule has 0 fully saturated rings. The zero-order valence-electron chi connectivity index (χ0n) is 17.4. The second kappa shape index (κ2) is 8.72. The van der Waals surface area contributed by atoms with E-state index in [9.17, 15) is 13.2 Å². The maximum atomic E-state index is 13.4. The van der Waals surface area contributed by atoms with Crippen molar-refractivity contribution >= 4 is 21.7 Å². The van der Waals surface area contributed by atoms with E-state index in [1.54, 1.807) is 36.4 Å². The smallest absolute Gasteiger partial charge is 0.356 e. The zero-order valence-corrected chi connectivity index (χ0v) is 18.2. The van der Waals surface area contributed by atoms with Gasteiger partial charge in [0.2, 0.25) is 0 Å². The highest BCUT2D eigenvalue weighted by Crippen LogP contribution is 2.27. The van der Waals surface area contributed by atoms with Crippen molar-refractivity contribution in [2.75, 3.05) is 5.73 Å². The maximum absolute atomic E-state index is 13.4. The third-order valence-electron chi connectivity index (χ3n) is 5.03. The molecule has 4 rings (SSSR count). The summed E-state index contributed by atoms with van der Waals surface area (Å²) in [5.74, 6) is -0.730. The molecule has 162 valence electrons. The second-order valence-corrected chi connectivity index (χ2v) is 9.23. The first kappa shape index (κ1) is 21.4. The van der Waals surface area contributed by atoms with Crippen LogP contribution in [0.25, 0.3) is 11.1 Å². The molecule has 1 heterocycles. The Hall–Kier alpha value is -3.84. The number of carbonyl (C=O) groups excluding carboxylic acids is 1. The minimum absolute atomic E-state index is 0.0344. The molecule has 0 unspecified atom stereocenters. The van der Waals surface area contributed by atoms with Gasteiger partial charge in [-0.25, -0.2) is 17.2 Å². The number of nitrogens with two attached hydrogens (primary N) is 1. The fraction of sp³-hybridized carbons (Fsp3) is 0.0800. The lowest BCUT2D eigenvalue weighted by Gasteiger charge is -2.11. The van der Waals surface area contributed by atoms with Crippen molar-refractivity contribution in [2.45, 2.75) is 18.4 Å². The van der Waals surface area contributed by atoms with Crippen LogP contribution in [0.5, 0.6) is 0 Å². The fourth-order valence-electron chi connectivity index (χ4n) is 3.25. The first-order valence-electron chi connectivity index (χ1n) is 9.96. The molecular weight excluding hydrogens is 424 g/mol. The molecule has 1 aromatic heterocycles. The lowest BCUT2D eigenvalue weighted by Crippen LogP contribution is -2.19. The van der Waals surface area contributed by atoms with E-state index in [1.807, 2.05) is 37.3 Å². The number of nitrogen functional groups attached to an aromatic ring is 1. The normalized spacial score (nSPS) is 11.3. The summed E-state index contributed by atoms with van der Waals surface area (Å²) in [4.78, 5) is 13.0. The minimum Gasteiger partial charge on any atom is -0.456 e. The molecule has 6 nitrogen and oxygen atoms in total. The third-order valence-corrected chi connectivity index (χ3v) is 6.72. The number of hydrogen-bond donors (Lipinski definition) is 1. The van der Waals surface area contributed by atoms with Crippen molar-refractivity contribution in [1.82, 2.24) is 3.97 Å². The van der Waals surface area contributed by atoms with Crippen molar-refractivity contribution < 1.29 is 17.9 Å². The van der Waals surface area contributed by atoms with Gasteiger partial charge in [-0.15, -0.1) is 0 Å². The Labute approximate surface area is 186 Å². The second-order valence-electron chi connectivity index (χ2n) is 7.41. The Morgan fingerprint density at radius 1 is 0.906 bits per heavy atom. The Morgan fingerprint density at radius 3 is 2.22 bits per heavy atom. The van der Waals surface area contributed by atoms with Gasteiger partial charge in [-0.2, -0.15) is 0 Å². The lowest BCUT2D eigenvalue weighted by atomic mass is 10.1. The van der Waals surface area contributed by atoms with Crippen molar-refractivity contribution in [1.29, 1.82) is 0 Å². The summed E-state index contributed by atoms with van der Waals surface area (Å²) >= 11 is 0. The largest absolute Gasteiger partial charge is 0.456 e. The highest BCUT2D eigenvalue weighted by molar-refractivity contribution is 7.90. The monoisotopic (exact) mass is 446 g/mol. The van der Waals surface area contributed by atoms with Crippen LogP contribution in [0.15, 0.2) is 96.0 Å². The maximum Gasteiger partial charge on any atom is 0.356 e. The van der Waals surface area contributed by atoms with Gasteiger partial charge in [0.25, 0.3) is 10.0 Å². The predicted molar refractivity (Wildman–Crippen MR) is 124 cm³/mol. The van der Waals surface area contributed by atoms with Gasteiger partial charge < -0.3 is 10.5 Å². The number of aryl methyl sites for hydroxylation is 1. The molecule has 0 atom stereocenters. The topological polar surface area (TPSA) is 91.4 Å². The molecule has 2 N–H and O–H groups in total. The predicted octanol–water partition coefficient (Wildman–Crippen LogP) is 4.64. The molecule has 0 saturated carbocycles. The molecule has 0 saturated heterocycles. The van der Waals surface area contributed by atoms with Gasteiger partial charge in [0.15, 0.2) is 0 Å². The van der Waals surface area contributed by atoms with E-state index >= 15 is 0 Å². The number of nitrogens with zero attached hydrogens (tertiary/aromatic N) is 1. The average Bonchev–Trinajstić information content (AvgIpc) is 3.25. The van der Waals surface area contributed by atoms with Crippen LogP contribution in [0, 0.1) is 6.92 Å². The Bertz CT molecular complexity index is 1340. The lowest BCUT2D eigenvalue weighted by molar-refractivity contribution is 0.0464. The standard InChI is InChI=1S/C25H22N2O4S/c1-18-7-13-23(14-8-18)32(29,30)27-16-21(20-9-11-22(26)12-10-20)15-24(27)25(28)31-17-19-5-3-2-4-6-19/h2-16H,17,26H2,1H3. The molecular formula is C25H22N2O4S. The van der Waals surface area contributed by atoms with Gasteiger partial charge in [0, 0.05) is 17.4 Å². The fourth-order valence-corrected chi connectivity index (χ4v) is 4.59. The number of esters is 1. The number of ether oxygens (including phenoxy) is 1. The highest BCUT2D eigenvalue weighted by atomic mass is 32.2. The molecule has 0 bridgehead atoms. The summed E-state index contributed by atoms with van der Waals surface area (Å²) in [6.07, 6.45) is 1.43. The third kappa shape index (κ3) is 4.43. The molecule has 4 aromatic rings. The molecule has 0 aliphatic carbocycles. The highest BCUT2D eigenvalue weighted by Gasteiger charge is 2.26. The number of anilines is 1. The molecule has 7 heteroatoms. The van der Waals surface area contributed by atoms with Gasteiger partial charge in [0.05, 0.1) is 4.90 Å². The Kier molecular flexibility index (Phi) is 5.83. The number of rotatable bonds is 6. The van der Waals surface area contributed by atoms with Crippen LogP contribution in [-0.2, 0) is 21.4 Å². The van der Waals surface area contributed by atoms with E-state index in [0.29, 0.717) is 11.3 Å². The van der Waals surface area contributed by atoms with Crippen LogP contribution in [0.1, 0.15) is 21.6 Å². The number of carbonyl (C=O) groups is 1.